The number of rotatable bonds is 40. The van der Waals surface area contributed by atoms with Gasteiger partial charge in [-0.2, -0.15) is 23.5 Å². The average molecular weight is 1590 g/mol. The van der Waals surface area contributed by atoms with Crippen molar-refractivity contribution in [1.82, 2.24) is 35.9 Å². The summed E-state index contributed by atoms with van der Waals surface area (Å²) in [5.41, 5.74) is 8.88. The van der Waals surface area contributed by atoms with Crippen LogP contribution < -0.4 is 16.3 Å². The highest BCUT2D eigenvalue weighted by molar-refractivity contribution is 7.99. The van der Waals surface area contributed by atoms with E-state index in [4.69, 9.17) is 39.6 Å². The van der Waals surface area contributed by atoms with Gasteiger partial charge >= 0.3 is 36.1 Å². The van der Waals surface area contributed by atoms with Crippen LogP contribution in [0.1, 0.15) is 170 Å². The first kappa shape index (κ1) is 101. The number of carbonyl (C=O) groups is 10. The van der Waals surface area contributed by atoms with E-state index in [1.807, 2.05) is 203 Å². The van der Waals surface area contributed by atoms with Crippen molar-refractivity contribution in [3.63, 3.8) is 0 Å². The van der Waals surface area contributed by atoms with Crippen LogP contribution in [0.25, 0.3) is 0 Å². The van der Waals surface area contributed by atoms with Crippen LogP contribution in [-0.4, -0.2) is 200 Å². The predicted molar refractivity (Wildman–Crippen MR) is 438 cm³/mol. The molecule has 2 fully saturated rings. The van der Waals surface area contributed by atoms with Crippen LogP contribution in [-0.2, 0) is 83.6 Å². The van der Waals surface area contributed by atoms with Crippen LogP contribution in [0.5, 0.6) is 0 Å². The summed E-state index contributed by atoms with van der Waals surface area (Å²) in [6, 6.07) is 38.2. The summed E-state index contributed by atoms with van der Waals surface area (Å²) in [5, 5.41) is 35.7. The number of carboxylic acids is 4. The molecule has 0 spiro atoms. The minimum atomic E-state index is -1.31. The molecule has 2 saturated heterocycles. The van der Waals surface area contributed by atoms with Crippen LogP contribution >= 0.6 is 23.5 Å². The summed E-state index contributed by atoms with van der Waals surface area (Å²) in [7, 11) is 7.33. The van der Waals surface area contributed by atoms with Gasteiger partial charge in [-0.3, -0.25) is 43.2 Å². The monoisotopic (exact) mass is 1590 g/mol. The molecule has 2 aliphatic rings. The van der Waals surface area contributed by atoms with E-state index in [2.05, 4.69) is 50.2 Å². The fourth-order valence-electron chi connectivity index (χ4n) is 11.1. The normalized spacial score (nSPS) is 15.5. The quantitative estimate of drug-likeness (QED) is 0.00941. The van der Waals surface area contributed by atoms with Crippen molar-refractivity contribution in [2.75, 3.05) is 70.8 Å². The van der Waals surface area contributed by atoms with E-state index in [9.17, 15) is 47.9 Å². The first-order valence-electron chi connectivity index (χ1n) is 37.9. The number of thioether (sulfide) groups is 2. The van der Waals surface area contributed by atoms with Crippen molar-refractivity contribution in [1.29, 1.82) is 0 Å². The number of imide groups is 2. The zero-order valence-electron chi connectivity index (χ0n) is 68.4. The predicted octanol–water partition coefficient (Wildman–Crippen LogP) is 14.0. The second-order valence-electron chi connectivity index (χ2n) is 29.4. The summed E-state index contributed by atoms with van der Waals surface area (Å²) in [6.45, 7) is 33.1. The fourth-order valence-corrected chi connectivity index (χ4v) is 12.2. The van der Waals surface area contributed by atoms with Crippen molar-refractivity contribution in [2.24, 2.45) is 23.2 Å². The van der Waals surface area contributed by atoms with Gasteiger partial charge in [-0.05, 0) is 113 Å². The number of hydroxylamine groups is 2. The summed E-state index contributed by atoms with van der Waals surface area (Å²) in [5.74, 6) is -2.85. The standard InChI is InChI=1S/C22H37N3O3.C21H32N2O3.C18H23NO3S.C14H21NO3.C6H10O2S.C3H4O4/c1-7-8-14-18(15-23-28-16-17-12-10-9-11-13-17)20(26)24-19(22(2,3)4)21(27)25(5)6;1-6-7-13-17(15-22(4)5)19(24)23-18(21(2,3)26-20(23)25)14-16-11-9-8-10-12-16;1-5-23-12-13(2)16(20)19-15(18(3,4)22-17(19)21)11-14-9-7-6-8-10-14;1-2-3-9-13(14(16)17)10-15-18-11-12-7-5-4-6-8-12;1-3-9-4-5(2)6(7)8;4-2(5)1-3(6)7/h9-13,18-19,23H,7-8,14-16H2,1-6H3,(H,24,26);8-12,17-18H,6-7,13-15H2,1-5H3;6-10,15H,2,5,11-12H2,1,3-4H3;4-8,13,15H,2-3,9-11H2,1H3,(H,16,17);2-4H2,1H3,(H,7,8);1H2,(H,4,5)(H,6,7)/t18-,19-;17-,18+;15-;13-;;/m1101../s1. The molecule has 4 aromatic rings. The molecule has 0 saturated carbocycles. The average Bonchev–Trinajstić information content (AvgIpc) is 1.63. The minimum Gasteiger partial charge on any atom is -0.481 e. The van der Waals surface area contributed by atoms with Gasteiger partial charge in [0.05, 0.1) is 43.1 Å². The van der Waals surface area contributed by atoms with E-state index >= 15 is 0 Å². The summed E-state index contributed by atoms with van der Waals surface area (Å²) < 4.78 is 11.0. The molecule has 25 nitrogen and oxygen atoms in total. The number of benzene rings is 4. The van der Waals surface area contributed by atoms with Gasteiger partial charge < -0.3 is 45.0 Å². The Balaban J connectivity index is 0.000000698. The SMILES string of the molecule is C=C(CSCC)C(=O)N1C(=O)OC(C)(C)[C@@H]1Cc1ccccc1.C=C(CSCC)C(=O)O.CCCC[C@H](CN(C)C)C(=O)N1C(=O)OC(C)(C)[C@@H]1Cc1ccccc1.CCCC[C@H](CNOCc1ccccc1)C(=O)N[C@H](C(=O)N(C)C)C(C)(C)C.CCCC[C@H](CNOCc1ccccc1)C(=O)O.O=C(O)CC(=O)O. The molecule has 6 atom stereocenters. The fraction of sp³-hybridized carbons (Fsp3) is 0.548. The number of likely N-dealkylation sites (N-methyl/N-ethyl adjacent to an activating group) is 1. The maximum Gasteiger partial charge on any atom is 0.417 e. The molecule has 6 amide bonds. The zero-order chi connectivity index (χ0) is 83.9. The number of ether oxygens (including phenoxy) is 2. The summed E-state index contributed by atoms with van der Waals surface area (Å²) >= 11 is 3.17. The number of cyclic esters (lactones) is 2. The Bertz CT molecular complexity index is 3440. The Labute approximate surface area is 667 Å². The van der Waals surface area contributed by atoms with Gasteiger partial charge in [0.25, 0.3) is 5.91 Å². The van der Waals surface area contributed by atoms with E-state index in [0.29, 0.717) is 69.2 Å². The Kier molecular flexibility index (Phi) is 49.2. The molecule has 0 radical (unpaired) electrons. The molecule has 0 aliphatic carbocycles. The Morgan fingerprint density at radius 3 is 1.27 bits per heavy atom. The second-order valence-corrected chi connectivity index (χ2v) is 31.9. The van der Waals surface area contributed by atoms with E-state index in [1.54, 1.807) is 37.6 Å². The minimum absolute atomic E-state index is 0.0941. The number of carboxylic acid groups (broad SMARTS) is 4. The Morgan fingerprint density at radius 2 is 0.919 bits per heavy atom. The molecule has 6 rings (SSSR count). The molecule has 7 N–H and O–H groups in total. The van der Waals surface area contributed by atoms with Gasteiger partial charge in [0.1, 0.15) is 23.7 Å². The first-order valence-corrected chi connectivity index (χ1v) is 40.2. The van der Waals surface area contributed by atoms with E-state index in [-0.39, 0.29) is 64.5 Å². The van der Waals surface area contributed by atoms with Gasteiger partial charge in [-0.15, -0.1) is 0 Å². The second kappa shape index (κ2) is 54.3. The largest absolute Gasteiger partial charge is 0.481 e. The van der Waals surface area contributed by atoms with Crippen molar-refractivity contribution in [3.8, 4) is 0 Å². The van der Waals surface area contributed by atoms with Crippen molar-refractivity contribution < 1.29 is 87.5 Å². The smallest absolute Gasteiger partial charge is 0.417 e. The lowest BCUT2D eigenvalue weighted by atomic mass is 9.85. The highest BCUT2D eigenvalue weighted by Gasteiger charge is 2.52. The summed E-state index contributed by atoms with van der Waals surface area (Å²) in [4.78, 5) is 133. The molecule has 0 bridgehead atoms. The third-order valence-electron chi connectivity index (χ3n) is 17.4. The zero-order valence-corrected chi connectivity index (χ0v) is 70.0. The number of unbranched alkanes of at least 4 members (excludes halogenated alkanes) is 3. The number of nitrogens with one attached hydrogen (secondary N) is 3. The van der Waals surface area contributed by atoms with Crippen molar-refractivity contribution >= 4 is 83.2 Å². The molecular formula is C84H127N7O18S2. The van der Waals surface area contributed by atoms with Crippen LogP contribution in [0.2, 0.25) is 0 Å². The maximum atomic E-state index is 13.3. The number of carbonyl (C=O) groups excluding carboxylic acids is 6. The molecule has 2 heterocycles. The molecule has 2 aliphatic heterocycles. The van der Waals surface area contributed by atoms with Gasteiger partial charge in [0, 0.05) is 56.4 Å². The van der Waals surface area contributed by atoms with E-state index in [0.717, 1.165) is 85.1 Å². The lowest BCUT2D eigenvalue weighted by molar-refractivity contribution is -0.147. The van der Waals surface area contributed by atoms with Crippen molar-refractivity contribution in [2.45, 2.75) is 203 Å². The molecule has 111 heavy (non-hydrogen) atoms. The highest BCUT2D eigenvalue weighted by atomic mass is 32.2. The maximum absolute atomic E-state index is 13.3. The van der Waals surface area contributed by atoms with Crippen LogP contribution in [0.4, 0.5) is 9.59 Å². The lowest BCUT2D eigenvalue weighted by Crippen LogP contribution is -2.55. The van der Waals surface area contributed by atoms with Gasteiger partial charge in [-0.25, -0.2) is 35.1 Å². The van der Waals surface area contributed by atoms with E-state index in [1.165, 1.54) is 14.7 Å². The summed E-state index contributed by atoms with van der Waals surface area (Å²) in [6.07, 6.45) is 7.39. The number of amides is 6. The molecule has 0 aromatic heterocycles. The number of nitrogens with zero attached hydrogens (tertiary/aromatic N) is 4. The highest BCUT2D eigenvalue weighted by Crippen LogP contribution is 2.35. The third-order valence-corrected chi connectivity index (χ3v) is 19.4. The molecule has 618 valence electrons. The third kappa shape index (κ3) is 40.6. The topological polar surface area (TPSA) is 338 Å². The number of aliphatic carboxylic acids is 4. The molecule has 4 aromatic carbocycles. The van der Waals surface area contributed by atoms with Gasteiger partial charge in [0.15, 0.2) is 0 Å². The van der Waals surface area contributed by atoms with Crippen LogP contribution in [0.3, 0.4) is 0 Å². The molecule has 27 heteroatoms. The lowest BCUT2D eigenvalue weighted by Gasteiger charge is -2.33. The molecule has 0 unspecified atom stereocenters. The number of hydrogen-bond acceptors (Lipinski definition) is 19. The van der Waals surface area contributed by atoms with Crippen molar-refractivity contribution in [3.05, 3.63) is 168 Å². The first-order chi connectivity index (χ1) is 52.3. The van der Waals surface area contributed by atoms with Crippen LogP contribution in [0, 0.1) is 23.2 Å². The number of hydrogen-bond donors (Lipinski definition) is 7. The Hall–Kier alpha value is -8.44. The van der Waals surface area contributed by atoms with Crippen LogP contribution in [0.15, 0.2) is 146 Å². The van der Waals surface area contributed by atoms with Gasteiger partial charge in [0.2, 0.25) is 17.7 Å². The Morgan fingerprint density at radius 1 is 0.550 bits per heavy atom. The molecular weight excluding hydrogens is 1460 g/mol. The van der Waals surface area contributed by atoms with Gasteiger partial charge in [-0.1, -0.05) is 228 Å². The van der Waals surface area contributed by atoms with E-state index < -0.39 is 59.7 Å².